The average Bonchev–Trinajstić information content (AvgIpc) is 3.36. The number of nitrogens with zero attached hydrogens (tertiary/aromatic N) is 1. The predicted molar refractivity (Wildman–Crippen MR) is 121 cm³/mol. The quantitative estimate of drug-likeness (QED) is 0.511. The molecule has 0 spiro atoms. The zero-order valence-corrected chi connectivity index (χ0v) is 17.8. The summed E-state index contributed by atoms with van der Waals surface area (Å²) in [4.78, 5) is 26.6. The third kappa shape index (κ3) is 3.86. The molecule has 1 fully saturated rings. The molecule has 3 aromatic rings. The molecule has 0 radical (unpaired) electrons. The van der Waals surface area contributed by atoms with Gasteiger partial charge >= 0.3 is 12.1 Å². The second kappa shape index (κ2) is 8.87. The number of hydrogen-bond acceptors (Lipinski definition) is 4. The van der Waals surface area contributed by atoms with Gasteiger partial charge in [0.05, 0.1) is 0 Å². The van der Waals surface area contributed by atoms with E-state index in [9.17, 15) is 9.59 Å². The highest BCUT2D eigenvalue weighted by Crippen LogP contribution is 2.44. The second-order valence-electron chi connectivity index (χ2n) is 8.26. The molecular weight excluding hydrogens is 402 g/mol. The van der Waals surface area contributed by atoms with Gasteiger partial charge in [-0.25, -0.2) is 9.59 Å². The number of carbonyl (C=O) groups excluding carboxylic acids is 2. The van der Waals surface area contributed by atoms with Gasteiger partial charge in [-0.2, -0.15) is 0 Å². The van der Waals surface area contributed by atoms with E-state index in [0.29, 0.717) is 6.42 Å². The van der Waals surface area contributed by atoms with Crippen molar-refractivity contribution in [1.82, 2.24) is 4.90 Å². The molecule has 1 aliphatic carbocycles. The van der Waals surface area contributed by atoms with E-state index in [1.165, 1.54) is 21.6 Å². The third-order valence-electron chi connectivity index (χ3n) is 6.35. The van der Waals surface area contributed by atoms with Crippen LogP contribution in [0.5, 0.6) is 0 Å². The number of aryl methyl sites for hydroxylation is 1. The van der Waals surface area contributed by atoms with Crippen LogP contribution >= 0.6 is 0 Å². The van der Waals surface area contributed by atoms with E-state index in [-0.39, 0.29) is 25.2 Å². The Morgan fingerprint density at radius 2 is 1.53 bits per heavy atom. The Morgan fingerprint density at radius 1 is 0.906 bits per heavy atom. The van der Waals surface area contributed by atoms with Crippen LogP contribution in [-0.2, 0) is 20.7 Å². The van der Waals surface area contributed by atoms with E-state index in [4.69, 9.17) is 9.47 Å². The largest absolute Gasteiger partial charge is 0.448 e. The van der Waals surface area contributed by atoms with Crippen molar-refractivity contribution < 1.29 is 19.1 Å². The van der Waals surface area contributed by atoms with E-state index in [1.54, 1.807) is 0 Å². The first kappa shape index (κ1) is 20.3. The van der Waals surface area contributed by atoms with Crippen molar-refractivity contribution in [3.8, 4) is 11.1 Å². The number of rotatable bonds is 6. The minimum atomic E-state index is -0.589. The molecule has 0 aromatic heterocycles. The molecule has 1 atom stereocenters. The normalized spacial score (nSPS) is 17.1. The highest BCUT2D eigenvalue weighted by Gasteiger charge is 2.39. The Hall–Kier alpha value is -3.60. The summed E-state index contributed by atoms with van der Waals surface area (Å²) in [6, 6.07) is 26.0. The maximum atomic E-state index is 12.9. The number of benzene rings is 3. The zero-order chi connectivity index (χ0) is 21.9. The number of amides is 1. The predicted octanol–water partition coefficient (Wildman–Crippen LogP) is 5.14. The molecule has 5 heteroatoms. The SMILES string of the molecule is O=C1OCN(C(=O)OCC2c3ccccc3-c3ccccc32)[C@H]1CCCc1ccccc1. The summed E-state index contributed by atoms with van der Waals surface area (Å²) in [5.74, 6) is -0.367. The molecule has 1 amide bonds. The fraction of sp³-hybridized carbons (Fsp3) is 0.259. The van der Waals surface area contributed by atoms with Crippen molar-refractivity contribution in [3.63, 3.8) is 0 Å². The van der Waals surface area contributed by atoms with Crippen LogP contribution in [0.2, 0.25) is 0 Å². The van der Waals surface area contributed by atoms with E-state index in [1.807, 2.05) is 42.5 Å². The number of esters is 1. The summed E-state index contributed by atoms with van der Waals surface area (Å²) in [6.45, 7) is 0.180. The Morgan fingerprint density at radius 3 is 2.22 bits per heavy atom. The molecule has 0 N–H and O–H groups in total. The lowest BCUT2D eigenvalue weighted by molar-refractivity contribution is -0.139. The Bertz CT molecular complexity index is 1080. The monoisotopic (exact) mass is 427 g/mol. The van der Waals surface area contributed by atoms with Crippen LogP contribution in [0.1, 0.15) is 35.4 Å². The van der Waals surface area contributed by atoms with E-state index in [2.05, 4.69) is 36.4 Å². The van der Waals surface area contributed by atoms with E-state index in [0.717, 1.165) is 24.0 Å². The minimum absolute atomic E-state index is 0.0119. The summed E-state index contributed by atoms with van der Waals surface area (Å²) in [5, 5.41) is 0. The number of cyclic esters (lactones) is 1. The van der Waals surface area contributed by atoms with Gasteiger partial charge in [-0.1, -0.05) is 78.9 Å². The van der Waals surface area contributed by atoms with Crippen molar-refractivity contribution in [3.05, 3.63) is 95.6 Å². The van der Waals surface area contributed by atoms with Crippen LogP contribution in [0.3, 0.4) is 0 Å². The smallest absolute Gasteiger partial charge is 0.413 e. The second-order valence-corrected chi connectivity index (χ2v) is 8.26. The lowest BCUT2D eigenvalue weighted by atomic mass is 9.98. The number of carbonyl (C=O) groups is 2. The van der Waals surface area contributed by atoms with Crippen LogP contribution in [0.4, 0.5) is 4.79 Å². The molecule has 0 saturated carbocycles. The molecule has 5 nitrogen and oxygen atoms in total. The number of ether oxygens (including phenoxy) is 2. The van der Waals surface area contributed by atoms with Crippen LogP contribution < -0.4 is 0 Å². The topological polar surface area (TPSA) is 55.8 Å². The van der Waals surface area contributed by atoms with Crippen LogP contribution in [0.15, 0.2) is 78.9 Å². The molecule has 1 heterocycles. The summed E-state index contributed by atoms with van der Waals surface area (Å²) in [5.41, 5.74) is 5.90. The molecule has 1 saturated heterocycles. The van der Waals surface area contributed by atoms with Crippen LogP contribution in [0, 0.1) is 0 Å². The molecular formula is C27H25NO4. The van der Waals surface area contributed by atoms with Gasteiger partial charge in [0, 0.05) is 5.92 Å². The first-order valence-corrected chi connectivity index (χ1v) is 11.0. The summed E-state index contributed by atoms with van der Waals surface area (Å²) in [7, 11) is 0. The highest BCUT2D eigenvalue weighted by molar-refractivity contribution is 5.84. The molecule has 5 rings (SSSR count). The van der Waals surface area contributed by atoms with Crippen molar-refractivity contribution >= 4 is 12.1 Å². The van der Waals surface area contributed by atoms with Gasteiger partial charge < -0.3 is 9.47 Å². The number of fused-ring (bicyclic) bond motifs is 3. The lowest BCUT2D eigenvalue weighted by Crippen LogP contribution is -2.39. The molecule has 3 aromatic carbocycles. The van der Waals surface area contributed by atoms with E-state index < -0.39 is 12.1 Å². The molecule has 1 aliphatic heterocycles. The molecule has 0 bridgehead atoms. The van der Waals surface area contributed by atoms with Gasteiger partial charge in [-0.3, -0.25) is 4.90 Å². The van der Waals surface area contributed by atoms with Gasteiger partial charge in [0.15, 0.2) is 6.73 Å². The fourth-order valence-electron chi connectivity index (χ4n) is 4.72. The summed E-state index contributed by atoms with van der Waals surface area (Å²) in [6.07, 6.45) is 1.69. The number of hydrogen-bond donors (Lipinski definition) is 0. The van der Waals surface area contributed by atoms with Crippen LogP contribution in [-0.4, -0.2) is 36.3 Å². The van der Waals surface area contributed by atoms with Crippen molar-refractivity contribution in [2.75, 3.05) is 13.3 Å². The van der Waals surface area contributed by atoms with Crippen molar-refractivity contribution in [2.24, 2.45) is 0 Å². The van der Waals surface area contributed by atoms with Gasteiger partial charge in [0.2, 0.25) is 0 Å². The van der Waals surface area contributed by atoms with Gasteiger partial charge in [0.25, 0.3) is 0 Å². The van der Waals surface area contributed by atoms with Gasteiger partial charge in [0.1, 0.15) is 12.6 Å². The average molecular weight is 428 g/mol. The zero-order valence-electron chi connectivity index (χ0n) is 17.8. The maximum Gasteiger partial charge on any atom is 0.413 e. The summed E-state index contributed by atoms with van der Waals surface area (Å²) >= 11 is 0. The first-order chi connectivity index (χ1) is 15.7. The van der Waals surface area contributed by atoms with Crippen molar-refractivity contribution in [1.29, 1.82) is 0 Å². The maximum absolute atomic E-state index is 12.9. The van der Waals surface area contributed by atoms with Gasteiger partial charge in [-0.05, 0) is 47.1 Å². The summed E-state index contributed by atoms with van der Waals surface area (Å²) < 4.78 is 10.9. The minimum Gasteiger partial charge on any atom is -0.448 e. The first-order valence-electron chi connectivity index (χ1n) is 11.0. The third-order valence-corrected chi connectivity index (χ3v) is 6.35. The molecule has 2 aliphatic rings. The lowest BCUT2D eigenvalue weighted by Gasteiger charge is -2.21. The Kier molecular flexibility index (Phi) is 5.63. The highest BCUT2D eigenvalue weighted by atomic mass is 16.6. The molecule has 0 unspecified atom stereocenters. The Labute approximate surface area is 187 Å². The van der Waals surface area contributed by atoms with Crippen molar-refractivity contribution in [2.45, 2.75) is 31.2 Å². The standard InChI is InChI=1S/C27H25NO4/c29-26-25(16-8-11-19-9-2-1-3-10-19)28(18-32-26)27(30)31-17-24-22-14-6-4-12-20(22)21-13-5-7-15-23(21)24/h1-7,9-10,12-15,24-25H,8,11,16-18H2/t25-/m0/s1. The van der Waals surface area contributed by atoms with E-state index >= 15 is 0 Å². The molecule has 162 valence electrons. The van der Waals surface area contributed by atoms with Crippen LogP contribution in [0.25, 0.3) is 11.1 Å². The molecule has 32 heavy (non-hydrogen) atoms. The van der Waals surface area contributed by atoms with Gasteiger partial charge in [-0.15, -0.1) is 0 Å². The fourth-order valence-corrected chi connectivity index (χ4v) is 4.72. The Balaban J connectivity index is 1.23.